The van der Waals surface area contributed by atoms with Crippen molar-refractivity contribution >= 4 is 17.3 Å². The number of Topliss-reactive ketones (excluding diaryl/α,β-unsaturated/α-hetero) is 3. The number of hydrogen-bond acceptors (Lipinski definition) is 6. The molecule has 0 heterocycles. The molecule has 1 saturated carbocycles. The Bertz CT molecular complexity index is 1480. The van der Waals surface area contributed by atoms with Gasteiger partial charge in [-0.25, -0.2) is 0 Å². The minimum atomic E-state index is -2.17. The highest BCUT2D eigenvalue weighted by Gasteiger charge is 2.75. The van der Waals surface area contributed by atoms with Crippen LogP contribution in [0.3, 0.4) is 0 Å². The first-order valence-electron chi connectivity index (χ1n) is 15.5. The first-order chi connectivity index (χ1) is 20.3. The number of benzene rings is 1. The number of ketones is 3. The van der Waals surface area contributed by atoms with Gasteiger partial charge in [0.25, 0.3) is 0 Å². The largest absolute Gasteiger partial charge is 0.511 e. The number of carbonyl (C=O) groups is 3. The zero-order valence-electron chi connectivity index (χ0n) is 27.8. The van der Waals surface area contributed by atoms with E-state index in [2.05, 4.69) is 13.2 Å². The molecule has 3 rings (SSSR count). The standard InChI is InChI=1S/C38H50O6/c1-22(2)11-13-26(25(7)8)19-28-21-37(18-17-24(5)6)33(42)29(15-12-23(3)4)34(43)38(35(37)44,36(28,9)10)32(41)27-14-16-30(39)31(40)20-27/h12,14,16-17,20,26,28,39-40,42H,1,7,11,13,15,18-19,21H2,2-6,8-10H3/t26-,28-,37+,38-/m1/s1. The molecule has 2 bridgehead atoms. The number of aliphatic hydroxyl groups is 1. The number of allylic oxidation sites excluding steroid dienone is 8. The number of hydrogen-bond donors (Lipinski definition) is 3. The van der Waals surface area contributed by atoms with Crippen LogP contribution < -0.4 is 0 Å². The van der Waals surface area contributed by atoms with Gasteiger partial charge in [0.2, 0.25) is 0 Å². The molecule has 2 aliphatic carbocycles. The molecule has 0 aliphatic heterocycles. The third-order valence-electron chi connectivity index (χ3n) is 10.0. The second-order valence-electron chi connectivity index (χ2n) is 14.2. The Hall–Kier alpha value is -3.67. The average Bonchev–Trinajstić information content (AvgIpc) is 2.92. The topological polar surface area (TPSA) is 112 Å². The van der Waals surface area contributed by atoms with E-state index in [1.54, 1.807) is 0 Å². The smallest absolute Gasteiger partial charge is 0.184 e. The molecule has 0 aromatic heterocycles. The highest BCUT2D eigenvalue weighted by Crippen LogP contribution is 2.66. The monoisotopic (exact) mass is 602 g/mol. The molecule has 4 atom stereocenters. The van der Waals surface area contributed by atoms with Gasteiger partial charge in [0.05, 0.1) is 5.41 Å². The number of rotatable bonds is 12. The lowest BCUT2D eigenvalue weighted by atomic mass is 9.39. The summed E-state index contributed by atoms with van der Waals surface area (Å²) in [6.07, 6.45) is 6.38. The number of aliphatic hydroxyl groups excluding tert-OH is 1. The van der Waals surface area contributed by atoms with Gasteiger partial charge in [0, 0.05) is 11.1 Å². The first-order valence-corrected chi connectivity index (χ1v) is 15.5. The van der Waals surface area contributed by atoms with Gasteiger partial charge >= 0.3 is 0 Å². The van der Waals surface area contributed by atoms with Gasteiger partial charge in [0.15, 0.2) is 34.3 Å². The Morgan fingerprint density at radius 3 is 2.11 bits per heavy atom. The van der Waals surface area contributed by atoms with Gasteiger partial charge < -0.3 is 15.3 Å². The zero-order valence-corrected chi connectivity index (χ0v) is 27.8. The summed E-state index contributed by atoms with van der Waals surface area (Å²) in [5, 5.41) is 32.4. The summed E-state index contributed by atoms with van der Waals surface area (Å²) >= 11 is 0. The van der Waals surface area contributed by atoms with Crippen LogP contribution in [0.4, 0.5) is 0 Å². The molecule has 0 amide bonds. The summed E-state index contributed by atoms with van der Waals surface area (Å²) in [6, 6.07) is 3.64. The molecule has 6 heteroatoms. The second-order valence-corrected chi connectivity index (χ2v) is 14.2. The maximum Gasteiger partial charge on any atom is 0.184 e. The molecule has 0 saturated heterocycles. The van der Waals surface area contributed by atoms with Crippen molar-refractivity contribution in [1.82, 2.24) is 0 Å². The fourth-order valence-corrected chi connectivity index (χ4v) is 7.18. The molecular weight excluding hydrogens is 552 g/mol. The molecule has 238 valence electrons. The molecule has 44 heavy (non-hydrogen) atoms. The normalized spacial score (nSPS) is 24.9. The van der Waals surface area contributed by atoms with Crippen molar-refractivity contribution in [2.24, 2.45) is 28.1 Å². The van der Waals surface area contributed by atoms with E-state index in [0.29, 0.717) is 6.42 Å². The molecule has 6 nitrogen and oxygen atoms in total. The van der Waals surface area contributed by atoms with Crippen LogP contribution in [0, 0.1) is 28.1 Å². The summed E-state index contributed by atoms with van der Waals surface area (Å²) in [6.45, 7) is 23.5. The van der Waals surface area contributed by atoms with Crippen LogP contribution in [-0.4, -0.2) is 32.7 Å². The fraction of sp³-hybridized carbons (Fsp3) is 0.500. The molecule has 1 aromatic carbocycles. The van der Waals surface area contributed by atoms with E-state index in [1.165, 1.54) is 12.1 Å². The van der Waals surface area contributed by atoms with E-state index in [-0.39, 0.29) is 48.0 Å². The Morgan fingerprint density at radius 1 is 0.977 bits per heavy atom. The lowest BCUT2D eigenvalue weighted by Gasteiger charge is -2.60. The third kappa shape index (κ3) is 5.88. The molecule has 0 unspecified atom stereocenters. The van der Waals surface area contributed by atoms with Gasteiger partial charge in [-0.3, -0.25) is 14.4 Å². The van der Waals surface area contributed by atoms with E-state index in [4.69, 9.17) is 0 Å². The van der Waals surface area contributed by atoms with Gasteiger partial charge in [-0.15, -0.1) is 6.58 Å². The van der Waals surface area contributed by atoms with Crippen molar-refractivity contribution in [3.05, 3.63) is 82.7 Å². The van der Waals surface area contributed by atoms with Gasteiger partial charge in [0.1, 0.15) is 5.76 Å². The SMILES string of the molecule is C=C(C)CC[C@H](C[C@@H]1C[C@]2(CC=C(C)C)C(=O)[C@@](C(=O)c3ccc(O)c(O)c3)(C(=O)C(CC=C(C)C)=C2O)C1(C)C)C(=C)C. The minimum absolute atomic E-state index is 0.0432. The Kier molecular flexibility index (Phi) is 10.1. The lowest BCUT2D eigenvalue weighted by molar-refractivity contribution is -0.165. The number of carbonyl (C=O) groups excluding carboxylic acids is 3. The molecule has 1 fully saturated rings. The number of phenols is 2. The maximum absolute atomic E-state index is 15.1. The first kappa shape index (κ1) is 34.8. The summed E-state index contributed by atoms with van der Waals surface area (Å²) in [4.78, 5) is 44.9. The minimum Gasteiger partial charge on any atom is -0.511 e. The molecule has 1 aromatic rings. The summed E-state index contributed by atoms with van der Waals surface area (Å²) in [5.74, 6) is -3.48. The van der Waals surface area contributed by atoms with Crippen molar-refractivity contribution in [2.45, 2.75) is 93.9 Å². The predicted molar refractivity (Wildman–Crippen MR) is 176 cm³/mol. The molecular formula is C38H50O6. The van der Waals surface area contributed by atoms with Crippen LogP contribution in [0.2, 0.25) is 0 Å². The second kappa shape index (κ2) is 12.7. The molecule has 2 aliphatic rings. The Morgan fingerprint density at radius 2 is 1.59 bits per heavy atom. The fourth-order valence-electron chi connectivity index (χ4n) is 7.18. The Labute approximate surface area is 263 Å². The third-order valence-corrected chi connectivity index (χ3v) is 10.0. The lowest BCUT2D eigenvalue weighted by Crippen LogP contribution is -2.69. The molecule has 0 spiro atoms. The van der Waals surface area contributed by atoms with Crippen molar-refractivity contribution < 1.29 is 29.7 Å². The van der Waals surface area contributed by atoms with E-state index in [1.807, 2.05) is 67.5 Å². The average molecular weight is 603 g/mol. The van der Waals surface area contributed by atoms with Crippen molar-refractivity contribution in [3.8, 4) is 11.5 Å². The zero-order chi connectivity index (χ0) is 33.4. The van der Waals surface area contributed by atoms with Crippen LogP contribution in [0.5, 0.6) is 11.5 Å². The van der Waals surface area contributed by atoms with E-state index >= 15 is 4.79 Å². The van der Waals surface area contributed by atoms with E-state index < -0.39 is 45.1 Å². The van der Waals surface area contributed by atoms with Crippen molar-refractivity contribution in [2.75, 3.05) is 0 Å². The number of phenolic OH excluding ortho intramolecular Hbond substituents is 2. The van der Waals surface area contributed by atoms with Crippen LogP contribution in [0.25, 0.3) is 0 Å². The molecule has 0 radical (unpaired) electrons. The quantitative estimate of drug-likeness (QED) is 0.0953. The number of fused-ring (bicyclic) bond motifs is 2. The van der Waals surface area contributed by atoms with E-state index in [9.17, 15) is 24.9 Å². The van der Waals surface area contributed by atoms with E-state index in [0.717, 1.165) is 41.2 Å². The summed E-state index contributed by atoms with van der Waals surface area (Å²) in [7, 11) is 0. The highest BCUT2D eigenvalue weighted by molar-refractivity contribution is 6.36. The number of aromatic hydroxyl groups is 2. The highest BCUT2D eigenvalue weighted by atomic mass is 16.3. The van der Waals surface area contributed by atoms with Crippen LogP contribution >= 0.6 is 0 Å². The van der Waals surface area contributed by atoms with Crippen LogP contribution in [-0.2, 0) is 9.59 Å². The van der Waals surface area contributed by atoms with Crippen molar-refractivity contribution in [3.63, 3.8) is 0 Å². The van der Waals surface area contributed by atoms with Gasteiger partial charge in [-0.05, 0) is 116 Å². The van der Waals surface area contributed by atoms with Crippen LogP contribution in [0.15, 0.2) is 77.1 Å². The van der Waals surface area contributed by atoms with Gasteiger partial charge in [-0.2, -0.15) is 0 Å². The van der Waals surface area contributed by atoms with Gasteiger partial charge in [-0.1, -0.05) is 54.9 Å². The summed E-state index contributed by atoms with van der Waals surface area (Å²) < 4.78 is 0. The molecule has 3 N–H and O–H groups in total. The van der Waals surface area contributed by atoms with Crippen LogP contribution in [0.1, 0.15) is 104 Å². The van der Waals surface area contributed by atoms with Crippen molar-refractivity contribution in [1.29, 1.82) is 0 Å². The predicted octanol–water partition coefficient (Wildman–Crippen LogP) is 8.91. The maximum atomic E-state index is 15.1. The Balaban J connectivity index is 2.43. The summed E-state index contributed by atoms with van der Waals surface area (Å²) in [5.41, 5.74) is -0.895.